The van der Waals surface area contributed by atoms with Gasteiger partial charge in [-0.05, 0) is 37.8 Å². The smallest absolute Gasteiger partial charge is 0.234 e. The predicted octanol–water partition coefficient (Wildman–Crippen LogP) is 1.05. The lowest BCUT2D eigenvalue weighted by molar-refractivity contribution is -0.122. The van der Waals surface area contributed by atoms with Crippen molar-refractivity contribution in [1.29, 1.82) is 0 Å². The van der Waals surface area contributed by atoms with Crippen LogP contribution in [0.15, 0.2) is 30.3 Å². The Hall–Kier alpha value is -1.39. The second-order valence-electron chi connectivity index (χ2n) is 5.61. The fourth-order valence-corrected chi connectivity index (χ4v) is 2.65. The van der Waals surface area contributed by atoms with Gasteiger partial charge in [0.15, 0.2) is 0 Å². The highest BCUT2D eigenvalue weighted by Gasteiger charge is 2.26. The number of nitrogens with one attached hydrogen (secondary N) is 1. The van der Waals surface area contributed by atoms with Crippen LogP contribution in [-0.4, -0.2) is 48.2 Å². The zero-order valence-electron chi connectivity index (χ0n) is 12.1. The van der Waals surface area contributed by atoms with Gasteiger partial charge >= 0.3 is 0 Å². The average Bonchev–Trinajstić information content (AvgIpc) is 2.88. The maximum Gasteiger partial charge on any atom is 0.234 e. The van der Waals surface area contributed by atoms with Gasteiger partial charge in [0.2, 0.25) is 5.91 Å². The third-order valence-electron chi connectivity index (χ3n) is 3.94. The molecule has 1 heterocycles. The first-order chi connectivity index (χ1) is 9.65. The summed E-state index contributed by atoms with van der Waals surface area (Å²) in [4.78, 5) is 14.0. The van der Waals surface area contributed by atoms with Crippen LogP contribution < -0.4 is 5.32 Å². The van der Waals surface area contributed by atoms with E-state index in [-0.39, 0.29) is 12.0 Å². The molecule has 2 atom stereocenters. The van der Waals surface area contributed by atoms with E-state index in [4.69, 9.17) is 0 Å². The molecule has 0 bridgehead atoms. The molecule has 20 heavy (non-hydrogen) atoms. The van der Waals surface area contributed by atoms with Crippen LogP contribution in [0.25, 0.3) is 0 Å². The number of likely N-dealkylation sites (tertiary alicyclic amines) is 1. The highest BCUT2D eigenvalue weighted by atomic mass is 16.3. The quantitative estimate of drug-likeness (QED) is 0.816. The summed E-state index contributed by atoms with van der Waals surface area (Å²) in [5.41, 5.74) is 1.24. The molecule has 4 nitrogen and oxygen atoms in total. The molecule has 0 aliphatic carbocycles. The number of hydrogen-bond acceptors (Lipinski definition) is 3. The number of amides is 1. The van der Waals surface area contributed by atoms with Crippen molar-refractivity contribution in [3.63, 3.8) is 0 Å². The molecule has 2 unspecified atom stereocenters. The monoisotopic (exact) mass is 276 g/mol. The van der Waals surface area contributed by atoms with Crippen LogP contribution in [0.4, 0.5) is 0 Å². The van der Waals surface area contributed by atoms with Gasteiger partial charge in [-0.15, -0.1) is 0 Å². The normalized spacial score (nSPS) is 20.8. The summed E-state index contributed by atoms with van der Waals surface area (Å²) in [6.07, 6.45) is 1.57. The summed E-state index contributed by atoms with van der Waals surface area (Å²) in [5.74, 6) is 0.388. The first kappa shape index (κ1) is 15.0. The van der Waals surface area contributed by atoms with Gasteiger partial charge in [-0.1, -0.05) is 30.3 Å². The maximum atomic E-state index is 11.9. The molecule has 0 spiro atoms. The van der Waals surface area contributed by atoms with E-state index in [2.05, 4.69) is 22.3 Å². The first-order valence-electron chi connectivity index (χ1n) is 7.36. The van der Waals surface area contributed by atoms with Crippen LogP contribution in [0, 0.1) is 5.92 Å². The van der Waals surface area contributed by atoms with Crippen molar-refractivity contribution >= 4 is 5.91 Å². The highest BCUT2D eigenvalue weighted by Crippen LogP contribution is 2.18. The number of aliphatic hydroxyl groups excluding tert-OH is 1. The zero-order valence-corrected chi connectivity index (χ0v) is 12.1. The van der Waals surface area contributed by atoms with Gasteiger partial charge in [-0.2, -0.15) is 0 Å². The number of aliphatic hydroxyl groups is 1. The van der Waals surface area contributed by atoms with Crippen molar-refractivity contribution in [2.45, 2.75) is 25.9 Å². The molecule has 0 radical (unpaired) electrons. The van der Waals surface area contributed by atoms with Gasteiger partial charge in [-0.25, -0.2) is 0 Å². The third kappa shape index (κ3) is 4.62. The number of nitrogens with zero attached hydrogens (tertiary/aromatic N) is 1. The Morgan fingerprint density at radius 2 is 2.20 bits per heavy atom. The first-order valence-corrected chi connectivity index (χ1v) is 7.36. The lowest BCUT2D eigenvalue weighted by atomic mass is 10.0. The molecule has 1 aromatic rings. The van der Waals surface area contributed by atoms with E-state index < -0.39 is 0 Å². The van der Waals surface area contributed by atoms with Crippen molar-refractivity contribution in [3.8, 4) is 0 Å². The van der Waals surface area contributed by atoms with E-state index in [0.717, 1.165) is 25.9 Å². The fourth-order valence-electron chi connectivity index (χ4n) is 2.65. The molecule has 4 heteroatoms. The van der Waals surface area contributed by atoms with Gasteiger partial charge in [0, 0.05) is 13.1 Å². The van der Waals surface area contributed by atoms with Gasteiger partial charge in [0.05, 0.1) is 12.6 Å². The summed E-state index contributed by atoms with van der Waals surface area (Å²) in [6, 6.07) is 10.2. The van der Waals surface area contributed by atoms with Crippen molar-refractivity contribution < 1.29 is 9.90 Å². The maximum absolute atomic E-state index is 11.9. The molecular weight excluding hydrogens is 252 g/mol. The molecule has 1 amide bonds. The van der Waals surface area contributed by atoms with Crippen LogP contribution in [0.1, 0.15) is 18.9 Å². The van der Waals surface area contributed by atoms with E-state index >= 15 is 0 Å². The molecule has 0 aromatic heterocycles. The van der Waals surface area contributed by atoms with E-state index in [1.54, 1.807) is 0 Å². The largest absolute Gasteiger partial charge is 0.393 e. The van der Waals surface area contributed by atoms with Crippen molar-refractivity contribution in [2.24, 2.45) is 5.92 Å². The Balaban J connectivity index is 1.64. The van der Waals surface area contributed by atoms with Crippen LogP contribution >= 0.6 is 0 Å². The average molecular weight is 276 g/mol. The molecule has 0 saturated carbocycles. The molecule has 2 rings (SSSR count). The van der Waals surface area contributed by atoms with Crippen LogP contribution in [0.5, 0.6) is 0 Å². The van der Waals surface area contributed by atoms with E-state index in [1.807, 2.05) is 25.1 Å². The predicted molar refractivity (Wildman–Crippen MR) is 79.4 cm³/mol. The third-order valence-corrected chi connectivity index (χ3v) is 3.94. The Kier molecular flexibility index (Phi) is 5.56. The Morgan fingerprint density at radius 1 is 1.45 bits per heavy atom. The van der Waals surface area contributed by atoms with Crippen LogP contribution in [0.3, 0.4) is 0 Å². The van der Waals surface area contributed by atoms with Crippen molar-refractivity contribution in [1.82, 2.24) is 10.2 Å². The van der Waals surface area contributed by atoms with Crippen LogP contribution in [-0.2, 0) is 11.2 Å². The molecule has 110 valence electrons. The van der Waals surface area contributed by atoms with Gasteiger partial charge in [0.25, 0.3) is 0 Å². The minimum atomic E-state index is -0.277. The van der Waals surface area contributed by atoms with Crippen molar-refractivity contribution in [2.75, 3.05) is 26.2 Å². The Labute approximate surface area is 120 Å². The Morgan fingerprint density at radius 3 is 2.85 bits per heavy atom. The molecule has 1 fully saturated rings. The highest BCUT2D eigenvalue weighted by molar-refractivity contribution is 5.78. The van der Waals surface area contributed by atoms with Gasteiger partial charge in [-0.3, -0.25) is 9.69 Å². The summed E-state index contributed by atoms with van der Waals surface area (Å²) < 4.78 is 0. The minimum absolute atomic E-state index is 0.0761. The molecule has 1 aliphatic heterocycles. The summed E-state index contributed by atoms with van der Waals surface area (Å²) in [7, 11) is 0. The Bertz CT molecular complexity index is 420. The van der Waals surface area contributed by atoms with Gasteiger partial charge in [0.1, 0.15) is 0 Å². The second-order valence-corrected chi connectivity index (χ2v) is 5.61. The SMILES string of the molecule is CC(O)C1CCN(CC(=O)NCCc2ccccc2)C1. The standard InChI is InChI=1S/C16H24N2O2/c1-13(19)15-8-10-18(11-15)12-16(20)17-9-7-14-5-3-2-4-6-14/h2-6,13,15,19H,7-12H2,1H3,(H,17,20). The van der Waals surface area contributed by atoms with Crippen molar-refractivity contribution in [3.05, 3.63) is 35.9 Å². The lowest BCUT2D eigenvalue weighted by Gasteiger charge is -2.16. The molecule has 1 aliphatic rings. The van der Waals surface area contributed by atoms with Crippen LogP contribution in [0.2, 0.25) is 0 Å². The number of hydrogen-bond donors (Lipinski definition) is 2. The summed E-state index contributed by atoms with van der Waals surface area (Å²) in [6.45, 7) is 4.67. The molecular formula is C16H24N2O2. The summed E-state index contributed by atoms with van der Waals surface area (Å²) in [5, 5.41) is 12.5. The molecule has 1 saturated heterocycles. The lowest BCUT2D eigenvalue weighted by Crippen LogP contribution is -2.37. The minimum Gasteiger partial charge on any atom is -0.393 e. The van der Waals surface area contributed by atoms with Gasteiger partial charge < -0.3 is 10.4 Å². The number of benzene rings is 1. The molecule has 1 aromatic carbocycles. The number of carbonyl (C=O) groups excluding carboxylic acids is 1. The van der Waals surface area contributed by atoms with E-state index in [0.29, 0.717) is 19.0 Å². The van der Waals surface area contributed by atoms with E-state index in [9.17, 15) is 9.90 Å². The zero-order chi connectivity index (χ0) is 14.4. The number of rotatable bonds is 6. The summed E-state index contributed by atoms with van der Waals surface area (Å²) >= 11 is 0. The number of carbonyl (C=O) groups is 1. The van der Waals surface area contributed by atoms with E-state index in [1.165, 1.54) is 5.56 Å². The molecule has 2 N–H and O–H groups in total. The fraction of sp³-hybridized carbons (Fsp3) is 0.562. The topological polar surface area (TPSA) is 52.6 Å². The second kappa shape index (κ2) is 7.41.